The van der Waals surface area contributed by atoms with Gasteiger partial charge in [-0.05, 0) is 17.0 Å². The molecule has 0 bridgehead atoms. The summed E-state index contributed by atoms with van der Waals surface area (Å²) in [7, 11) is 0. The molecule has 0 unspecified atom stereocenters. The highest BCUT2D eigenvalue weighted by atomic mass is 32.2. The summed E-state index contributed by atoms with van der Waals surface area (Å²) in [6.45, 7) is 0. The molecule has 2 heteroatoms. The number of phenols is 1. The highest BCUT2D eigenvalue weighted by Crippen LogP contribution is 2.36. The average molecular weight is 266 g/mol. The number of hydrogen-bond donors (Lipinski definition) is 1. The molecule has 0 amide bonds. The summed E-state index contributed by atoms with van der Waals surface area (Å²) < 4.78 is 0. The molecule has 0 saturated carbocycles. The Bertz CT molecular complexity index is 692. The Balaban J connectivity index is 1.87. The van der Waals surface area contributed by atoms with Gasteiger partial charge in [-0.25, -0.2) is 0 Å². The van der Waals surface area contributed by atoms with Crippen LogP contribution in [0.2, 0.25) is 0 Å². The first kappa shape index (κ1) is 12.1. The fourth-order valence-electron chi connectivity index (χ4n) is 2.09. The summed E-state index contributed by atoms with van der Waals surface area (Å²) >= 11 is 1.66. The summed E-state index contributed by atoms with van der Waals surface area (Å²) in [5, 5.41) is 12.3. The van der Waals surface area contributed by atoms with Gasteiger partial charge in [0.25, 0.3) is 0 Å². The van der Waals surface area contributed by atoms with Crippen LogP contribution in [0.15, 0.2) is 71.6 Å². The van der Waals surface area contributed by atoms with E-state index in [1.165, 1.54) is 5.56 Å². The number of benzene rings is 3. The van der Waals surface area contributed by atoms with Gasteiger partial charge in [-0.15, -0.1) is 11.8 Å². The third-order valence-electron chi connectivity index (χ3n) is 3.10. The van der Waals surface area contributed by atoms with E-state index in [-0.39, 0.29) is 0 Å². The summed E-state index contributed by atoms with van der Waals surface area (Å²) in [4.78, 5) is 0.933. The van der Waals surface area contributed by atoms with Crippen molar-refractivity contribution < 1.29 is 5.11 Å². The number of fused-ring (bicyclic) bond motifs is 1. The molecule has 0 radical (unpaired) electrons. The third kappa shape index (κ3) is 2.59. The minimum atomic E-state index is 0.388. The van der Waals surface area contributed by atoms with Crippen molar-refractivity contribution in [2.45, 2.75) is 10.6 Å². The van der Waals surface area contributed by atoms with Crippen LogP contribution in [0.4, 0.5) is 0 Å². The minimum Gasteiger partial charge on any atom is -0.506 e. The van der Waals surface area contributed by atoms with Crippen molar-refractivity contribution in [2.24, 2.45) is 0 Å². The zero-order valence-electron chi connectivity index (χ0n) is 10.4. The number of hydrogen-bond acceptors (Lipinski definition) is 2. The minimum absolute atomic E-state index is 0.388. The first-order valence-electron chi connectivity index (χ1n) is 6.22. The van der Waals surface area contributed by atoms with Crippen LogP contribution in [0.3, 0.4) is 0 Å². The predicted octanol–water partition coefficient (Wildman–Crippen LogP) is 4.84. The van der Waals surface area contributed by atoms with Crippen LogP contribution < -0.4 is 0 Å². The second-order valence-electron chi connectivity index (χ2n) is 4.41. The topological polar surface area (TPSA) is 20.2 Å². The van der Waals surface area contributed by atoms with E-state index in [1.54, 1.807) is 11.8 Å². The molecule has 94 valence electrons. The van der Waals surface area contributed by atoms with Gasteiger partial charge in [0, 0.05) is 11.1 Å². The molecule has 0 heterocycles. The van der Waals surface area contributed by atoms with Crippen LogP contribution in [0.1, 0.15) is 5.56 Å². The summed E-state index contributed by atoms with van der Waals surface area (Å²) in [6, 6.07) is 22.3. The van der Waals surface area contributed by atoms with Crippen molar-refractivity contribution in [2.75, 3.05) is 0 Å². The van der Waals surface area contributed by atoms with Crippen molar-refractivity contribution in [1.82, 2.24) is 0 Å². The fraction of sp³-hybridized carbons (Fsp3) is 0.0588. The first-order valence-corrected chi connectivity index (χ1v) is 7.20. The van der Waals surface area contributed by atoms with E-state index in [1.807, 2.05) is 48.5 Å². The van der Waals surface area contributed by atoms with Crippen LogP contribution in [-0.4, -0.2) is 5.11 Å². The van der Waals surface area contributed by atoms with E-state index < -0.39 is 0 Å². The monoisotopic (exact) mass is 266 g/mol. The van der Waals surface area contributed by atoms with Gasteiger partial charge in [0.15, 0.2) is 0 Å². The second kappa shape index (κ2) is 5.37. The number of aromatic hydroxyl groups is 1. The average Bonchev–Trinajstić information content (AvgIpc) is 2.48. The molecule has 3 rings (SSSR count). The zero-order chi connectivity index (χ0) is 13.1. The van der Waals surface area contributed by atoms with Gasteiger partial charge in [0.05, 0.1) is 4.90 Å². The molecule has 0 saturated heterocycles. The predicted molar refractivity (Wildman–Crippen MR) is 81.6 cm³/mol. The van der Waals surface area contributed by atoms with E-state index in [9.17, 15) is 5.11 Å². The Kier molecular flexibility index (Phi) is 3.43. The summed E-state index contributed by atoms with van der Waals surface area (Å²) in [5.41, 5.74) is 1.26. The Morgan fingerprint density at radius 1 is 0.789 bits per heavy atom. The molecule has 19 heavy (non-hydrogen) atoms. The van der Waals surface area contributed by atoms with Gasteiger partial charge in [0.2, 0.25) is 0 Å². The van der Waals surface area contributed by atoms with Gasteiger partial charge in [-0.1, -0.05) is 60.7 Å². The Labute approximate surface area is 116 Å². The molecule has 0 atom stereocenters. The van der Waals surface area contributed by atoms with Gasteiger partial charge in [-0.3, -0.25) is 0 Å². The van der Waals surface area contributed by atoms with E-state index in [0.717, 1.165) is 21.4 Å². The van der Waals surface area contributed by atoms with Crippen LogP contribution in [0, 0.1) is 0 Å². The van der Waals surface area contributed by atoms with Crippen molar-refractivity contribution in [1.29, 1.82) is 0 Å². The van der Waals surface area contributed by atoms with Gasteiger partial charge in [-0.2, -0.15) is 0 Å². The normalized spacial score (nSPS) is 10.7. The molecular weight excluding hydrogens is 252 g/mol. The molecule has 1 nitrogen and oxygen atoms in total. The highest BCUT2D eigenvalue weighted by molar-refractivity contribution is 7.98. The lowest BCUT2D eigenvalue weighted by molar-refractivity contribution is 0.469. The number of rotatable bonds is 3. The lowest BCUT2D eigenvalue weighted by Gasteiger charge is -2.07. The van der Waals surface area contributed by atoms with E-state index in [2.05, 4.69) is 18.2 Å². The molecular formula is C17H14OS. The van der Waals surface area contributed by atoms with Crippen molar-refractivity contribution in [3.05, 3.63) is 72.3 Å². The van der Waals surface area contributed by atoms with Gasteiger partial charge < -0.3 is 5.11 Å². The highest BCUT2D eigenvalue weighted by Gasteiger charge is 2.06. The maximum Gasteiger partial charge on any atom is 0.136 e. The zero-order valence-corrected chi connectivity index (χ0v) is 11.2. The SMILES string of the molecule is Oc1c(SCc2ccccc2)ccc2ccccc12. The Hall–Kier alpha value is -1.93. The quantitative estimate of drug-likeness (QED) is 0.685. The maximum atomic E-state index is 10.3. The number of phenolic OH excluding ortho intramolecular Hbond substituents is 1. The van der Waals surface area contributed by atoms with Crippen molar-refractivity contribution in [3.8, 4) is 5.75 Å². The van der Waals surface area contributed by atoms with Crippen LogP contribution in [-0.2, 0) is 5.75 Å². The number of thioether (sulfide) groups is 1. The molecule has 3 aromatic carbocycles. The molecule has 0 aromatic heterocycles. The van der Waals surface area contributed by atoms with Crippen LogP contribution in [0.5, 0.6) is 5.75 Å². The van der Waals surface area contributed by atoms with Crippen LogP contribution in [0.25, 0.3) is 10.8 Å². The second-order valence-corrected chi connectivity index (χ2v) is 5.42. The van der Waals surface area contributed by atoms with Gasteiger partial charge in [0.1, 0.15) is 5.75 Å². The molecule has 0 aliphatic rings. The van der Waals surface area contributed by atoms with E-state index in [0.29, 0.717) is 5.75 Å². The van der Waals surface area contributed by atoms with E-state index >= 15 is 0 Å². The Morgan fingerprint density at radius 2 is 1.53 bits per heavy atom. The van der Waals surface area contributed by atoms with Crippen molar-refractivity contribution in [3.63, 3.8) is 0 Å². The van der Waals surface area contributed by atoms with Gasteiger partial charge >= 0.3 is 0 Å². The Morgan fingerprint density at radius 3 is 2.37 bits per heavy atom. The largest absolute Gasteiger partial charge is 0.506 e. The smallest absolute Gasteiger partial charge is 0.136 e. The summed E-state index contributed by atoms with van der Waals surface area (Å²) in [6.07, 6.45) is 0. The first-order chi connectivity index (χ1) is 9.34. The molecule has 1 N–H and O–H groups in total. The third-order valence-corrected chi connectivity index (χ3v) is 4.22. The molecule has 0 fully saturated rings. The summed E-state index contributed by atoms with van der Waals surface area (Å²) in [5.74, 6) is 1.26. The molecule has 0 aliphatic carbocycles. The lowest BCUT2D eigenvalue weighted by Crippen LogP contribution is -1.81. The molecule has 3 aromatic rings. The van der Waals surface area contributed by atoms with E-state index in [4.69, 9.17) is 0 Å². The van der Waals surface area contributed by atoms with Crippen molar-refractivity contribution >= 4 is 22.5 Å². The van der Waals surface area contributed by atoms with Crippen LogP contribution >= 0.6 is 11.8 Å². The molecule has 0 spiro atoms. The lowest BCUT2D eigenvalue weighted by atomic mass is 10.1. The molecule has 0 aliphatic heterocycles. The maximum absolute atomic E-state index is 10.3. The fourth-order valence-corrected chi connectivity index (χ4v) is 3.01. The standard InChI is InChI=1S/C17H14OS/c18-17-15-9-5-4-8-14(15)10-11-16(17)19-12-13-6-2-1-3-7-13/h1-11,18H,12H2.